The van der Waals surface area contributed by atoms with Crippen LogP contribution in [0.2, 0.25) is 0 Å². The summed E-state index contributed by atoms with van der Waals surface area (Å²) in [6.45, 7) is 0.807. The number of epoxide rings is 1. The molecule has 4 atom stereocenters. The number of benzene rings is 3. The number of carbonyl (C=O) groups is 2. The summed E-state index contributed by atoms with van der Waals surface area (Å²) in [5, 5.41) is 8.72. The molecule has 41 heavy (non-hydrogen) atoms. The van der Waals surface area contributed by atoms with E-state index in [0.29, 0.717) is 37.2 Å². The molecule has 1 saturated heterocycles. The van der Waals surface area contributed by atoms with Crippen LogP contribution in [0.5, 0.6) is 17.2 Å². The summed E-state index contributed by atoms with van der Waals surface area (Å²) in [4.78, 5) is 21.1. The SMILES string of the molecule is Fc1ccc2c(c1)CC[C@@H](C1CO1)O2.O=C(O)[C@@H]1CCc2cc(F)ccc2O1.O=C[C@@H]1CCc2cc(F)ccc2O1. The summed E-state index contributed by atoms with van der Waals surface area (Å²) in [5.74, 6) is 0.189. The van der Waals surface area contributed by atoms with Crippen LogP contribution in [0, 0.1) is 17.5 Å². The maximum atomic E-state index is 12.9. The van der Waals surface area contributed by atoms with Crippen LogP contribution in [0.1, 0.15) is 36.0 Å². The fourth-order valence-electron chi connectivity index (χ4n) is 4.92. The van der Waals surface area contributed by atoms with Gasteiger partial charge in [0, 0.05) is 0 Å². The van der Waals surface area contributed by atoms with E-state index < -0.39 is 12.1 Å². The zero-order valence-electron chi connectivity index (χ0n) is 22.1. The Balaban J connectivity index is 0.000000124. The van der Waals surface area contributed by atoms with E-state index in [4.69, 9.17) is 24.1 Å². The summed E-state index contributed by atoms with van der Waals surface area (Å²) in [6, 6.07) is 13.2. The molecular weight excluding hydrogens is 541 g/mol. The maximum absolute atomic E-state index is 12.9. The number of hydrogen-bond donors (Lipinski definition) is 1. The number of aryl methyl sites for hydroxylation is 3. The highest BCUT2D eigenvalue weighted by Gasteiger charge is 2.36. The van der Waals surface area contributed by atoms with Crippen molar-refractivity contribution in [3.05, 3.63) is 88.7 Å². The molecule has 216 valence electrons. The molecule has 0 aromatic heterocycles. The van der Waals surface area contributed by atoms with Crippen LogP contribution < -0.4 is 14.2 Å². The molecule has 1 fully saturated rings. The Hall–Kier alpha value is -4.05. The molecule has 3 aromatic rings. The fourth-order valence-corrected chi connectivity index (χ4v) is 4.92. The first kappa shape index (κ1) is 28.5. The first-order chi connectivity index (χ1) is 19.8. The van der Waals surface area contributed by atoms with Gasteiger partial charge in [0.05, 0.1) is 6.61 Å². The molecule has 0 radical (unpaired) electrons. The minimum Gasteiger partial charge on any atom is -0.487 e. The van der Waals surface area contributed by atoms with E-state index >= 15 is 0 Å². The number of carboxylic acids is 1. The second-order valence-corrected chi connectivity index (χ2v) is 10.1. The number of carboxylic acid groups (broad SMARTS) is 1. The molecule has 4 aliphatic rings. The molecule has 7 rings (SSSR count). The molecule has 4 aliphatic heterocycles. The standard InChI is InChI=1S/C11H11FO2.C10H9FO3.C10H9FO2/c12-8-2-4-9-7(5-8)1-3-10(14-9)11-6-13-11;11-7-2-4-8-6(5-7)1-3-9(14-8)10(12)13;11-8-2-4-10-7(5-8)1-3-9(6-12)13-10/h2,4-5,10-11H,1,3,6H2;2,4-5,9H,1,3H2,(H,12,13);2,4-6,9H,1,3H2/t10-,11?;2*9-/m000/s1. The molecule has 3 aromatic carbocycles. The van der Waals surface area contributed by atoms with E-state index in [-0.39, 0.29) is 35.8 Å². The predicted octanol–water partition coefficient (Wildman–Crippen LogP) is 5.24. The number of rotatable bonds is 3. The number of halogens is 3. The molecular formula is C31H29F3O7. The highest BCUT2D eigenvalue weighted by Crippen LogP contribution is 2.33. The average molecular weight is 571 g/mol. The van der Waals surface area contributed by atoms with Crippen LogP contribution in [0.25, 0.3) is 0 Å². The van der Waals surface area contributed by atoms with Crippen molar-refractivity contribution in [3.63, 3.8) is 0 Å². The second kappa shape index (κ2) is 12.6. The summed E-state index contributed by atoms with van der Waals surface area (Å²) >= 11 is 0. The Bertz CT molecular complexity index is 1410. The molecule has 7 nitrogen and oxygen atoms in total. The third kappa shape index (κ3) is 7.38. The van der Waals surface area contributed by atoms with Gasteiger partial charge in [0.1, 0.15) is 46.9 Å². The Morgan fingerprint density at radius 2 is 1.20 bits per heavy atom. The second-order valence-electron chi connectivity index (χ2n) is 10.1. The van der Waals surface area contributed by atoms with Crippen molar-refractivity contribution >= 4 is 12.3 Å². The summed E-state index contributed by atoms with van der Waals surface area (Å²) in [5.41, 5.74) is 2.56. The quantitative estimate of drug-likeness (QED) is 0.340. The zero-order valence-corrected chi connectivity index (χ0v) is 22.1. The first-order valence-corrected chi connectivity index (χ1v) is 13.4. The zero-order chi connectivity index (χ0) is 28.9. The van der Waals surface area contributed by atoms with E-state index in [1.54, 1.807) is 18.2 Å². The van der Waals surface area contributed by atoms with Gasteiger partial charge in [0.2, 0.25) is 0 Å². The van der Waals surface area contributed by atoms with Gasteiger partial charge in [-0.05, 0) is 110 Å². The van der Waals surface area contributed by atoms with Crippen molar-refractivity contribution in [1.29, 1.82) is 0 Å². The van der Waals surface area contributed by atoms with Gasteiger partial charge in [-0.3, -0.25) is 4.79 Å². The third-order valence-electron chi connectivity index (χ3n) is 7.17. The normalized spacial score (nSPS) is 23.1. The summed E-state index contributed by atoms with van der Waals surface area (Å²) < 4.78 is 59.8. The minimum atomic E-state index is -0.972. The lowest BCUT2D eigenvalue weighted by Gasteiger charge is -2.24. The predicted molar refractivity (Wildman–Crippen MR) is 141 cm³/mol. The number of aliphatic carboxylic acids is 1. The largest absolute Gasteiger partial charge is 0.487 e. The lowest BCUT2D eigenvalue weighted by molar-refractivity contribution is -0.145. The van der Waals surface area contributed by atoms with Crippen molar-refractivity contribution in [2.45, 2.75) is 62.9 Å². The third-order valence-corrected chi connectivity index (χ3v) is 7.17. The highest BCUT2D eigenvalue weighted by molar-refractivity contribution is 5.73. The maximum Gasteiger partial charge on any atom is 0.344 e. The molecule has 0 saturated carbocycles. The Morgan fingerprint density at radius 3 is 1.71 bits per heavy atom. The van der Waals surface area contributed by atoms with E-state index in [1.807, 2.05) is 0 Å². The smallest absolute Gasteiger partial charge is 0.344 e. The molecule has 10 heteroatoms. The average Bonchev–Trinajstić information content (AvgIpc) is 3.83. The van der Waals surface area contributed by atoms with Crippen molar-refractivity contribution < 1.29 is 46.8 Å². The van der Waals surface area contributed by atoms with E-state index in [0.717, 1.165) is 48.2 Å². The van der Waals surface area contributed by atoms with Crippen LogP contribution in [-0.2, 0) is 33.6 Å². The molecule has 0 spiro atoms. The summed E-state index contributed by atoms with van der Waals surface area (Å²) in [7, 11) is 0. The molecule has 1 N–H and O–H groups in total. The van der Waals surface area contributed by atoms with Crippen LogP contribution in [0.15, 0.2) is 54.6 Å². The molecule has 1 unspecified atom stereocenters. The molecule has 0 aliphatic carbocycles. The van der Waals surface area contributed by atoms with Crippen LogP contribution in [0.4, 0.5) is 13.2 Å². The van der Waals surface area contributed by atoms with Crippen molar-refractivity contribution in [2.75, 3.05) is 6.61 Å². The Labute approximate surface area is 234 Å². The van der Waals surface area contributed by atoms with Crippen LogP contribution >= 0.6 is 0 Å². The van der Waals surface area contributed by atoms with Crippen LogP contribution in [0.3, 0.4) is 0 Å². The molecule has 4 heterocycles. The van der Waals surface area contributed by atoms with Crippen molar-refractivity contribution in [3.8, 4) is 17.2 Å². The molecule has 0 bridgehead atoms. The number of aldehydes is 1. The summed E-state index contributed by atoms with van der Waals surface area (Å²) in [6.07, 6.45) is 4.17. The molecule has 0 amide bonds. The van der Waals surface area contributed by atoms with Gasteiger partial charge in [0.15, 0.2) is 18.5 Å². The first-order valence-electron chi connectivity index (χ1n) is 13.4. The Morgan fingerprint density at radius 1 is 0.707 bits per heavy atom. The number of hydrogen-bond acceptors (Lipinski definition) is 6. The van der Waals surface area contributed by atoms with Gasteiger partial charge < -0.3 is 24.1 Å². The van der Waals surface area contributed by atoms with Crippen molar-refractivity contribution in [2.24, 2.45) is 0 Å². The van der Waals surface area contributed by atoms with Gasteiger partial charge in [-0.15, -0.1) is 0 Å². The van der Waals surface area contributed by atoms with Crippen molar-refractivity contribution in [1.82, 2.24) is 0 Å². The van der Waals surface area contributed by atoms with Gasteiger partial charge in [-0.2, -0.15) is 0 Å². The van der Waals surface area contributed by atoms with Gasteiger partial charge >= 0.3 is 5.97 Å². The van der Waals surface area contributed by atoms with Gasteiger partial charge in [0.25, 0.3) is 0 Å². The number of ether oxygens (including phenoxy) is 4. The number of carbonyl (C=O) groups excluding carboxylic acids is 1. The topological polar surface area (TPSA) is 94.6 Å². The van der Waals surface area contributed by atoms with E-state index in [1.165, 1.54) is 36.4 Å². The lowest BCUT2D eigenvalue weighted by atomic mass is 10.0. The highest BCUT2D eigenvalue weighted by atomic mass is 19.1. The fraction of sp³-hybridized carbons (Fsp3) is 0.355. The number of fused-ring (bicyclic) bond motifs is 3. The monoisotopic (exact) mass is 570 g/mol. The van der Waals surface area contributed by atoms with Gasteiger partial charge in [-0.1, -0.05) is 0 Å². The minimum absolute atomic E-state index is 0.174. The van der Waals surface area contributed by atoms with E-state index in [2.05, 4.69) is 0 Å². The Kier molecular flexibility index (Phi) is 8.78. The van der Waals surface area contributed by atoms with E-state index in [9.17, 15) is 22.8 Å². The van der Waals surface area contributed by atoms with Crippen LogP contribution in [-0.4, -0.2) is 48.4 Å². The van der Waals surface area contributed by atoms with Gasteiger partial charge in [-0.25, -0.2) is 18.0 Å². The lowest BCUT2D eigenvalue weighted by Crippen LogP contribution is -2.30.